The van der Waals surface area contributed by atoms with Gasteiger partial charge in [0.2, 0.25) is 0 Å². The Kier molecular flexibility index (Phi) is 2.29. The summed E-state index contributed by atoms with van der Waals surface area (Å²) in [5, 5.41) is 8.22. The van der Waals surface area contributed by atoms with E-state index in [9.17, 15) is 0 Å². The average Bonchev–Trinajstić information content (AvgIpc) is 2.16. The normalized spacial score (nSPS) is 23.8. The Labute approximate surface area is 78.0 Å². The molecule has 0 spiro atoms. The maximum Gasteiger partial charge on any atom is 0.0976 e. The van der Waals surface area contributed by atoms with E-state index in [1.54, 1.807) is 6.92 Å². The molecule has 0 aromatic carbocycles. The zero-order valence-electron chi connectivity index (χ0n) is 7.61. The summed E-state index contributed by atoms with van der Waals surface area (Å²) in [6.45, 7) is 9.57. The summed E-state index contributed by atoms with van der Waals surface area (Å²) >= 11 is 5.99. The summed E-state index contributed by atoms with van der Waals surface area (Å²) in [5.41, 5.74) is 1.84. The number of nitrogens with zero attached hydrogens (tertiary/aromatic N) is 1. The van der Waals surface area contributed by atoms with Crippen LogP contribution in [0.4, 0.5) is 0 Å². The molecule has 2 nitrogen and oxygen atoms in total. The lowest BCUT2D eigenvalue weighted by atomic mass is 10.2. The first-order valence-corrected chi connectivity index (χ1v) is 4.24. The molecule has 1 N–H and O–H groups in total. The van der Waals surface area contributed by atoms with Gasteiger partial charge >= 0.3 is 0 Å². The number of hydrogen-bond donors (Lipinski definition) is 1. The number of allylic oxidation sites excluding steroid dienone is 1. The minimum Gasteiger partial charge on any atom is -0.323 e. The fraction of sp³-hybridized carbons (Fsp3) is 0.444. The zero-order chi connectivity index (χ0) is 9.46. The molecule has 1 atom stereocenters. The molecule has 0 fully saturated rings. The first-order valence-electron chi connectivity index (χ1n) is 3.86. The van der Waals surface area contributed by atoms with Crippen molar-refractivity contribution in [3.05, 3.63) is 22.9 Å². The smallest absolute Gasteiger partial charge is 0.0976 e. The standard InChI is InChI=1S/C9H13ClN2/c1-5-6(2)12(8(4)11)7(3)9(5)10/h6,11H,3H2,1-2,4H3/t6-/m1/s1. The van der Waals surface area contributed by atoms with Gasteiger partial charge < -0.3 is 4.90 Å². The molecule has 12 heavy (non-hydrogen) atoms. The summed E-state index contributed by atoms with van der Waals surface area (Å²) in [4.78, 5) is 1.83. The van der Waals surface area contributed by atoms with Crippen molar-refractivity contribution in [1.82, 2.24) is 4.90 Å². The topological polar surface area (TPSA) is 27.1 Å². The quantitative estimate of drug-likeness (QED) is 0.455. The van der Waals surface area contributed by atoms with Crippen LogP contribution in [0.5, 0.6) is 0 Å². The molecule has 0 saturated carbocycles. The molecule has 0 radical (unpaired) electrons. The highest BCUT2D eigenvalue weighted by Crippen LogP contribution is 2.34. The van der Waals surface area contributed by atoms with Gasteiger partial charge in [-0.25, -0.2) is 0 Å². The molecule has 0 unspecified atom stereocenters. The summed E-state index contributed by atoms with van der Waals surface area (Å²) in [6, 6.07) is 0.183. The minimum absolute atomic E-state index is 0.183. The zero-order valence-corrected chi connectivity index (χ0v) is 8.37. The lowest BCUT2D eigenvalue weighted by molar-refractivity contribution is 0.477. The van der Waals surface area contributed by atoms with Crippen LogP contribution in [0.15, 0.2) is 22.9 Å². The number of halogens is 1. The van der Waals surface area contributed by atoms with Gasteiger partial charge in [0, 0.05) is 0 Å². The molecule has 1 aliphatic heterocycles. The van der Waals surface area contributed by atoms with Crippen molar-refractivity contribution in [1.29, 1.82) is 5.41 Å². The Morgan fingerprint density at radius 1 is 1.67 bits per heavy atom. The van der Waals surface area contributed by atoms with E-state index < -0.39 is 0 Å². The molecule has 0 aromatic rings. The maximum absolute atomic E-state index is 7.51. The van der Waals surface area contributed by atoms with Crippen LogP contribution in [0.1, 0.15) is 20.8 Å². The van der Waals surface area contributed by atoms with E-state index in [2.05, 4.69) is 6.58 Å². The van der Waals surface area contributed by atoms with E-state index >= 15 is 0 Å². The van der Waals surface area contributed by atoms with Crippen LogP contribution < -0.4 is 0 Å². The summed E-state index contributed by atoms with van der Waals surface area (Å²) < 4.78 is 0. The van der Waals surface area contributed by atoms with Gasteiger partial charge in [-0.15, -0.1) is 0 Å². The molecule has 1 rings (SSSR count). The van der Waals surface area contributed by atoms with Crippen molar-refractivity contribution in [2.24, 2.45) is 0 Å². The van der Waals surface area contributed by atoms with Crippen molar-refractivity contribution in [3.8, 4) is 0 Å². The van der Waals surface area contributed by atoms with Gasteiger partial charge in [-0.3, -0.25) is 5.41 Å². The SMILES string of the molecule is C=C1C(Cl)=C(C)[C@@H](C)N1C(C)=N. The fourth-order valence-electron chi connectivity index (χ4n) is 1.44. The third kappa shape index (κ3) is 1.16. The molecule has 0 aliphatic carbocycles. The van der Waals surface area contributed by atoms with Crippen LogP contribution >= 0.6 is 11.6 Å². The average molecular weight is 185 g/mol. The van der Waals surface area contributed by atoms with Gasteiger partial charge in [0.25, 0.3) is 0 Å². The van der Waals surface area contributed by atoms with Gasteiger partial charge in [0.1, 0.15) is 0 Å². The maximum atomic E-state index is 7.51. The number of hydrogen-bond acceptors (Lipinski definition) is 1. The highest BCUT2D eigenvalue weighted by Gasteiger charge is 2.29. The molecule has 1 heterocycles. The molecule has 66 valence electrons. The Hall–Kier alpha value is -0.760. The summed E-state index contributed by atoms with van der Waals surface area (Å²) in [5.74, 6) is 0.488. The summed E-state index contributed by atoms with van der Waals surface area (Å²) in [6.07, 6.45) is 0. The van der Waals surface area contributed by atoms with Crippen molar-refractivity contribution >= 4 is 17.4 Å². The van der Waals surface area contributed by atoms with Gasteiger partial charge in [0.05, 0.1) is 22.6 Å². The monoisotopic (exact) mass is 184 g/mol. The van der Waals surface area contributed by atoms with E-state index in [0.717, 1.165) is 11.3 Å². The number of rotatable bonds is 0. The van der Waals surface area contributed by atoms with E-state index in [-0.39, 0.29) is 6.04 Å². The predicted octanol–water partition coefficient (Wildman–Crippen LogP) is 2.71. The van der Waals surface area contributed by atoms with Crippen LogP contribution in [0.3, 0.4) is 0 Å². The fourth-order valence-corrected chi connectivity index (χ4v) is 1.69. The Bertz CT molecular complexity index is 278. The minimum atomic E-state index is 0.183. The first-order chi connectivity index (χ1) is 5.46. The molecule has 0 bridgehead atoms. The summed E-state index contributed by atoms with van der Waals surface area (Å²) in [7, 11) is 0. The van der Waals surface area contributed by atoms with Crippen LogP contribution in [-0.2, 0) is 0 Å². The van der Waals surface area contributed by atoms with E-state index in [4.69, 9.17) is 17.0 Å². The third-order valence-electron chi connectivity index (χ3n) is 2.27. The second kappa shape index (κ2) is 2.94. The van der Waals surface area contributed by atoms with Crippen molar-refractivity contribution < 1.29 is 0 Å². The predicted molar refractivity (Wildman–Crippen MR) is 52.4 cm³/mol. The Morgan fingerprint density at radius 3 is 2.33 bits per heavy atom. The van der Waals surface area contributed by atoms with Crippen molar-refractivity contribution in [2.45, 2.75) is 26.8 Å². The second-order valence-corrected chi connectivity index (χ2v) is 3.45. The number of nitrogens with one attached hydrogen (secondary N) is 1. The first kappa shape index (κ1) is 9.33. The van der Waals surface area contributed by atoms with Gasteiger partial charge in [-0.05, 0) is 26.3 Å². The van der Waals surface area contributed by atoms with Crippen LogP contribution in [0.2, 0.25) is 0 Å². The van der Waals surface area contributed by atoms with Crippen LogP contribution in [0.25, 0.3) is 0 Å². The number of amidine groups is 1. The van der Waals surface area contributed by atoms with E-state index in [1.807, 2.05) is 18.7 Å². The Morgan fingerprint density at radius 2 is 2.17 bits per heavy atom. The van der Waals surface area contributed by atoms with Gasteiger partial charge in [-0.1, -0.05) is 18.2 Å². The second-order valence-electron chi connectivity index (χ2n) is 3.08. The molecule has 1 aliphatic rings. The van der Waals surface area contributed by atoms with Crippen LogP contribution in [0, 0.1) is 5.41 Å². The van der Waals surface area contributed by atoms with Crippen LogP contribution in [-0.4, -0.2) is 16.8 Å². The van der Waals surface area contributed by atoms with Crippen molar-refractivity contribution in [3.63, 3.8) is 0 Å². The molecule has 0 aromatic heterocycles. The van der Waals surface area contributed by atoms with Gasteiger partial charge in [0.15, 0.2) is 0 Å². The molecule has 3 heteroatoms. The lowest BCUT2D eigenvalue weighted by Gasteiger charge is -2.24. The Balaban J connectivity index is 3.03. The van der Waals surface area contributed by atoms with E-state index in [1.165, 1.54) is 0 Å². The third-order valence-corrected chi connectivity index (χ3v) is 2.78. The van der Waals surface area contributed by atoms with Gasteiger partial charge in [-0.2, -0.15) is 0 Å². The van der Waals surface area contributed by atoms with E-state index in [0.29, 0.717) is 10.9 Å². The molecular formula is C9H13ClN2. The van der Waals surface area contributed by atoms with Crippen molar-refractivity contribution in [2.75, 3.05) is 0 Å². The largest absolute Gasteiger partial charge is 0.323 e. The molecule has 0 saturated heterocycles. The molecular weight excluding hydrogens is 172 g/mol. The lowest BCUT2D eigenvalue weighted by Crippen LogP contribution is -2.31. The highest BCUT2D eigenvalue weighted by molar-refractivity contribution is 6.33. The highest BCUT2D eigenvalue weighted by atomic mass is 35.5. The molecule has 0 amide bonds.